The summed E-state index contributed by atoms with van der Waals surface area (Å²) in [5.74, 6) is 0. The van der Waals surface area contributed by atoms with Crippen molar-refractivity contribution in [2.24, 2.45) is 0 Å². The molecule has 2 aliphatic carbocycles. The second kappa shape index (κ2) is 6.59. The number of sulfonamides is 1. The van der Waals surface area contributed by atoms with E-state index in [1.54, 1.807) is 10.9 Å². The highest BCUT2D eigenvalue weighted by Crippen LogP contribution is 2.38. The number of hydrogen-bond acceptors (Lipinski definition) is 5. The summed E-state index contributed by atoms with van der Waals surface area (Å²) in [6, 6.07) is 3.12. The van der Waals surface area contributed by atoms with E-state index in [2.05, 4.69) is 26.5 Å². The number of nitrogens with zero attached hydrogens (tertiary/aromatic N) is 2. The number of anilines is 1. The minimum absolute atomic E-state index is 0.141. The fraction of sp³-hybridized carbons (Fsp3) is 0.474. The Kier molecular flexibility index (Phi) is 4.17. The zero-order chi connectivity index (χ0) is 19.3. The maximum absolute atomic E-state index is 12.6. The van der Waals surface area contributed by atoms with Crippen molar-refractivity contribution in [1.29, 1.82) is 0 Å². The van der Waals surface area contributed by atoms with E-state index in [-0.39, 0.29) is 11.1 Å². The van der Waals surface area contributed by atoms with Gasteiger partial charge in [0.25, 0.3) is 10.0 Å². The molecule has 2 aromatic rings. The first kappa shape index (κ1) is 17.7. The van der Waals surface area contributed by atoms with Crippen LogP contribution in [0.15, 0.2) is 23.4 Å². The lowest BCUT2D eigenvalue weighted by Gasteiger charge is -2.27. The van der Waals surface area contributed by atoms with Crippen molar-refractivity contribution in [2.45, 2.75) is 49.6 Å². The van der Waals surface area contributed by atoms with Crippen molar-refractivity contribution in [3.63, 3.8) is 0 Å². The molecule has 0 saturated carbocycles. The molecule has 1 saturated heterocycles. The number of amides is 2. The molecule has 2 heterocycles. The van der Waals surface area contributed by atoms with Crippen LogP contribution in [0, 0.1) is 0 Å². The topological polar surface area (TPSA) is 105 Å². The van der Waals surface area contributed by atoms with Gasteiger partial charge in [0.05, 0.1) is 6.04 Å². The highest BCUT2D eigenvalue weighted by molar-refractivity contribution is 7.90. The van der Waals surface area contributed by atoms with E-state index < -0.39 is 16.1 Å². The quantitative estimate of drug-likeness (QED) is 0.720. The van der Waals surface area contributed by atoms with Crippen LogP contribution in [0.4, 0.5) is 10.5 Å². The monoisotopic (exact) mass is 401 g/mol. The van der Waals surface area contributed by atoms with Gasteiger partial charge in [0.15, 0.2) is 5.03 Å². The SMILES string of the molecule is O=C(Nc1c2c(cc3c1CCC3)CCC2)NS(=O)(=O)c1ccn(C2CNC2)n1. The Bertz CT molecular complexity index is 1020. The molecular weight excluding hydrogens is 378 g/mol. The maximum Gasteiger partial charge on any atom is 0.333 e. The summed E-state index contributed by atoms with van der Waals surface area (Å²) in [4.78, 5) is 12.6. The second-order valence-electron chi connectivity index (χ2n) is 7.74. The van der Waals surface area contributed by atoms with Crippen LogP contribution < -0.4 is 15.4 Å². The highest BCUT2D eigenvalue weighted by atomic mass is 32.2. The molecule has 0 radical (unpaired) electrons. The number of nitrogens with one attached hydrogen (secondary N) is 3. The number of fused-ring (bicyclic) bond motifs is 2. The van der Waals surface area contributed by atoms with Gasteiger partial charge in [-0.05, 0) is 66.8 Å². The standard InChI is InChI=1S/C19H23N5O3S/c25-19(23-28(26,27)17-7-8-24(22-17)14-10-20-11-14)21-18-15-5-1-3-12(15)9-13-4-2-6-16(13)18/h7-9,14,20H,1-6,10-11H2,(H2,21,23,25). The third kappa shape index (κ3) is 2.98. The third-order valence-corrected chi connectivity index (χ3v) is 7.15. The van der Waals surface area contributed by atoms with Crippen molar-refractivity contribution in [3.8, 4) is 0 Å². The van der Waals surface area contributed by atoms with Gasteiger partial charge in [0, 0.05) is 25.0 Å². The minimum atomic E-state index is -4.02. The van der Waals surface area contributed by atoms with Crippen molar-refractivity contribution >= 4 is 21.7 Å². The molecule has 3 aliphatic rings. The smallest absolute Gasteiger partial charge is 0.312 e. The van der Waals surface area contributed by atoms with Crippen LogP contribution in [0.5, 0.6) is 0 Å². The Balaban J connectivity index is 1.36. The molecule has 0 spiro atoms. The number of carbonyl (C=O) groups excluding carboxylic acids is 1. The van der Waals surface area contributed by atoms with Crippen LogP contribution in [0.2, 0.25) is 0 Å². The van der Waals surface area contributed by atoms with Crippen LogP contribution in [-0.2, 0) is 35.7 Å². The predicted octanol–water partition coefficient (Wildman–Crippen LogP) is 1.52. The minimum Gasteiger partial charge on any atom is -0.312 e. The number of carbonyl (C=O) groups is 1. The van der Waals surface area contributed by atoms with Crippen LogP contribution in [-0.4, -0.2) is 37.3 Å². The molecule has 8 nitrogen and oxygen atoms in total. The van der Waals surface area contributed by atoms with Gasteiger partial charge in [0.1, 0.15) is 0 Å². The Labute approximate surface area is 163 Å². The van der Waals surface area contributed by atoms with Gasteiger partial charge < -0.3 is 10.6 Å². The van der Waals surface area contributed by atoms with Gasteiger partial charge in [-0.15, -0.1) is 0 Å². The van der Waals surface area contributed by atoms with E-state index in [9.17, 15) is 13.2 Å². The molecule has 1 aromatic carbocycles. The van der Waals surface area contributed by atoms with Crippen LogP contribution in [0.25, 0.3) is 0 Å². The van der Waals surface area contributed by atoms with Crippen molar-refractivity contribution in [3.05, 3.63) is 40.6 Å². The largest absolute Gasteiger partial charge is 0.333 e. The molecule has 2 amide bonds. The van der Waals surface area contributed by atoms with Crippen LogP contribution in [0.1, 0.15) is 41.1 Å². The molecule has 3 N–H and O–H groups in total. The number of aryl methyl sites for hydroxylation is 2. The Hall–Kier alpha value is -2.39. The Morgan fingerprint density at radius 3 is 2.39 bits per heavy atom. The first-order chi connectivity index (χ1) is 13.5. The second-order valence-corrected chi connectivity index (χ2v) is 9.37. The van der Waals surface area contributed by atoms with Crippen molar-refractivity contribution < 1.29 is 13.2 Å². The van der Waals surface area contributed by atoms with E-state index in [4.69, 9.17) is 0 Å². The molecule has 1 aliphatic heterocycles. The summed E-state index contributed by atoms with van der Waals surface area (Å²) >= 11 is 0. The number of rotatable bonds is 4. The number of hydrogen-bond donors (Lipinski definition) is 3. The molecule has 148 valence electrons. The molecule has 28 heavy (non-hydrogen) atoms. The summed E-state index contributed by atoms with van der Waals surface area (Å²) in [7, 11) is -4.02. The highest BCUT2D eigenvalue weighted by Gasteiger charge is 2.28. The summed E-state index contributed by atoms with van der Waals surface area (Å²) in [6.45, 7) is 1.53. The fourth-order valence-corrected chi connectivity index (χ4v) is 5.25. The van der Waals surface area contributed by atoms with E-state index >= 15 is 0 Å². The molecular formula is C19H23N5O3S. The summed E-state index contributed by atoms with van der Waals surface area (Å²) in [5.41, 5.74) is 5.71. The van der Waals surface area contributed by atoms with Gasteiger partial charge in [-0.3, -0.25) is 4.68 Å². The summed E-state index contributed by atoms with van der Waals surface area (Å²) in [6.07, 6.45) is 7.65. The zero-order valence-corrected chi connectivity index (χ0v) is 16.3. The average Bonchev–Trinajstić information content (AvgIpc) is 3.32. The van der Waals surface area contributed by atoms with Gasteiger partial charge in [-0.2, -0.15) is 13.5 Å². The Morgan fingerprint density at radius 1 is 1.11 bits per heavy atom. The van der Waals surface area contributed by atoms with Gasteiger partial charge in [-0.25, -0.2) is 9.52 Å². The van der Waals surface area contributed by atoms with Crippen LogP contribution in [0.3, 0.4) is 0 Å². The first-order valence-electron chi connectivity index (χ1n) is 9.77. The lowest BCUT2D eigenvalue weighted by atomic mass is 9.99. The van der Waals surface area contributed by atoms with E-state index in [0.29, 0.717) is 0 Å². The molecule has 1 aromatic heterocycles. The molecule has 5 rings (SSSR count). The number of aromatic nitrogens is 2. The average molecular weight is 401 g/mol. The van der Waals surface area contributed by atoms with Gasteiger partial charge in [0.2, 0.25) is 0 Å². The predicted molar refractivity (Wildman–Crippen MR) is 104 cm³/mol. The number of urea groups is 1. The summed E-state index contributed by atoms with van der Waals surface area (Å²) < 4.78 is 28.9. The van der Waals surface area contributed by atoms with Crippen LogP contribution >= 0.6 is 0 Å². The van der Waals surface area contributed by atoms with E-state index in [1.807, 2.05) is 0 Å². The van der Waals surface area contributed by atoms with E-state index in [1.165, 1.54) is 17.2 Å². The number of benzene rings is 1. The van der Waals surface area contributed by atoms with Gasteiger partial charge in [-0.1, -0.05) is 6.07 Å². The molecule has 9 heteroatoms. The Morgan fingerprint density at radius 2 is 1.79 bits per heavy atom. The third-order valence-electron chi connectivity index (χ3n) is 5.93. The summed E-state index contributed by atoms with van der Waals surface area (Å²) in [5, 5.41) is 9.95. The molecule has 1 fully saturated rings. The zero-order valence-electron chi connectivity index (χ0n) is 15.5. The fourth-order valence-electron chi connectivity index (χ4n) is 4.41. The van der Waals surface area contributed by atoms with Crippen molar-refractivity contribution in [2.75, 3.05) is 18.4 Å². The maximum atomic E-state index is 12.6. The normalized spacial score (nSPS) is 18.4. The van der Waals surface area contributed by atoms with E-state index in [0.717, 1.165) is 68.4 Å². The lowest BCUT2D eigenvalue weighted by Crippen LogP contribution is -2.43. The molecule has 0 bridgehead atoms. The van der Waals surface area contributed by atoms with Crippen molar-refractivity contribution in [1.82, 2.24) is 19.8 Å². The molecule has 0 unspecified atom stereocenters. The first-order valence-corrected chi connectivity index (χ1v) is 11.3. The lowest BCUT2D eigenvalue weighted by molar-refractivity contribution is 0.256. The van der Waals surface area contributed by atoms with Gasteiger partial charge >= 0.3 is 6.03 Å². The molecule has 0 atom stereocenters.